The highest BCUT2D eigenvalue weighted by atomic mass is 32.1. The number of esters is 1. The molecule has 1 aliphatic rings. The number of benzene rings is 2. The third-order valence-electron chi connectivity index (χ3n) is 5.99. The van der Waals surface area contributed by atoms with Gasteiger partial charge in [0.25, 0.3) is 5.78 Å². The maximum atomic E-state index is 13.4. The highest BCUT2D eigenvalue weighted by Crippen LogP contribution is 2.44. The topological polar surface area (TPSA) is 96.8 Å². The van der Waals surface area contributed by atoms with Crippen molar-refractivity contribution < 1.29 is 24.2 Å². The smallest absolute Gasteiger partial charge is 0.350 e. The summed E-state index contributed by atoms with van der Waals surface area (Å²) >= 11 is 0.967. The number of rotatable bonds is 6. The van der Waals surface area contributed by atoms with Crippen LogP contribution in [0.15, 0.2) is 60.7 Å². The highest BCUT2D eigenvalue weighted by molar-refractivity contribution is 7.17. The first-order valence-corrected chi connectivity index (χ1v) is 12.2. The van der Waals surface area contributed by atoms with E-state index >= 15 is 0 Å². The first kappa shape index (κ1) is 25.1. The standard InChI is InChI=1S/C28H26N2O5S/c1-6-13-35-27(34)25-18(5)29-28(36-25)30-22(19-11-8-15(2)9-12-19)21(24(32)26(30)33)23(31)20-14-16(3)7-10-17(20)4/h6-12,14,22,31H,1,13H2,2-5H3. The maximum absolute atomic E-state index is 13.4. The predicted octanol–water partition coefficient (Wildman–Crippen LogP) is 5.35. The molecule has 1 amide bonds. The number of Topliss-reactive ketones (excluding diaryl/α,β-unsaturated/α-hetero) is 1. The number of carbonyl (C=O) groups is 3. The fourth-order valence-corrected chi connectivity index (χ4v) is 5.09. The molecule has 0 aliphatic carbocycles. The second-order valence-electron chi connectivity index (χ2n) is 8.70. The molecule has 1 aromatic heterocycles. The number of aliphatic hydroxyl groups is 1. The van der Waals surface area contributed by atoms with Crippen LogP contribution >= 0.6 is 11.3 Å². The number of aryl methyl sites for hydroxylation is 4. The fraction of sp³-hybridized carbons (Fsp3) is 0.214. The van der Waals surface area contributed by atoms with Gasteiger partial charge in [-0.3, -0.25) is 14.5 Å². The zero-order valence-corrected chi connectivity index (χ0v) is 21.3. The Bertz CT molecular complexity index is 1420. The second kappa shape index (κ2) is 9.91. The van der Waals surface area contributed by atoms with Crippen LogP contribution in [-0.2, 0) is 14.3 Å². The molecule has 1 saturated heterocycles. The largest absolute Gasteiger partial charge is 0.507 e. The number of hydrogen-bond acceptors (Lipinski definition) is 7. The molecule has 1 aliphatic heterocycles. The molecule has 0 radical (unpaired) electrons. The molecule has 0 bridgehead atoms. The lowest BCUT2D eigenvalue weighted by Crippen LogP contribution is -2.29. The van der Waals surface area contributed by atoms with Gasteiger partial charge in [-0.15, -0.1) is 0 Å². The molecule has 8 heteroatoms. The molecule has 1 unspecified atom stereocenters. The van der Waals surface area contributed by atoms with Crippen LogP contribution in [0.5, 0.6) is 0 Å². The number of hydrogen-bond donors (Lipinski definition) is 1. The first-order chi connectivity index (χ1) is 17.1. The van der Waals surface area contributed by atoms with Crippen molar-refractivity contribution in [2.24, 2.45) is 0 Å². The van der Waals surface area contributed by atoms with Crippen LogP contribution in [0, 0.1) is 27.7 Å². The number of ketones is 1. The molecule has 184 valence electrons. The van der Waals surface area contributed by atoms with Gasteiger partial charge < -0.3 is 9.84 Å². The summed E-state index contributed by atoms with van der Waals surface area (Å²) in [5, 5.41) is 11.6. The summed E-state index contributed by atoms with van der Waals surface area (Å²) < 4.78 is 5.14. The van der Waals surface area contributed by atoms with E-state index in [0.29, 0.717) is 16.8 Å². The lowest BCUT2D eigenvalue weighted by molar-refractivity contribution is -0.132. The molecule has 0 spiro atoms. The Morgan fingerprint density at radius 2 is 1.78 bits per heavy atom. The number of thiazole rings is 1. The number of carbonyl (C=O) groups excluding carboxylic acids is 3. The average Bonchev–Trinajstić information content (AvgIpc) is 3.36. The Hall–Kier alpha value is -4.04. The van der Waals surface area contributed by atoms with Crippen LogP contribution in [-0.4, -0.2) is 34.4 Å². The summed E-state index contributed by atoms with van der Waals surface area (Å²) in [4.78, 5) is 45.2. The molecule has 1 N–H and O–H groups in total. The zero-order chi connectivity index (χ0) is 26.1. The minimum atomic E-state index is -0.923. The minimum Gasteiger partial charge on any atom is -0.507 e. The second-order valence-corrected chi connectivity index (χ2v) is 9.67. The van der Waals surface area contributed by atoms with E-state index in [1.807, 2.05) is 57.2 Å². The molecule has 7 nitrogen and oxygen atoms in total. The van der Waals surface area contributed by atoms with E-state index in [9.17, 15) is 19.5 Å². The van der Waals surface area contributed by atoms with Crippen molar-refractivity contribution in [1.82, 2.24) is 4.98 Å². The maximum Gasteiger partial charge on any atom is 0.350 e. The third-order valence-corrected chi connectivity index (χ3v) is 7.13. The molecule has 2 aromatic carbocycles. The van der Waals surface area contributed by atoms with Crippen molar-refractivity contribution in [3.63, 3.8) is 0 Å². The van der Waals surface area contributed by atoms with Gasteiger partial charge in [-0.25, -0.2) is 9.78 Å². The number of ether oxygens (including phenoxy) is 1. The quantitative estimate of drug-likeness (QED) is 0.161. The van der Waals surface area contributed by atoms with Crippen molar-refractivity contribution in [3.8, 4) is 0 Å². The predicted molar refractivity (Wildman–Crippen MR) is 139 cm³/mol. The van der Waals surface area contributed by atoms with E-state index in [2.05, 4.69) is 11.6 Å². The van der Waals surface area contributed by atoms with Crippen molar-refractivity contribution in [1.29, 1.82) is 0 Å². The molecular formula is C28H26N2O5S. The van der Waals surface area contributed by atoms with E-state index in [0.717, 1.165) is 28.0 Å². The van der Waals surface area contributed by atoms with Crippen LogP contribution < -0.4 is 4.90 Å². The summed E-state index contributed by atoms with van der Waals surface area (Å²) in [6, 6.07) is 12.0. The summed E-state index contributed by atoms with van der Waals surface area (Å²) in [5.74, 6) is -2.48. The number of aliphatic hydroxyl groups excluding tert-OH is 1. The van der Waals surface area contributed by atoms with Gasteiger partial charge in [0, 0.05) is 5.56 Å². The van der Waals surface area contributed by atoms with Crippen molar-refractivity contribution in [3.05, 3.63) is 99.1 Å². The Labute approximate surface area is 213 Å². The van der Waals surface area contributed by atoms with Gasteiger partial charge in [-0.1, -0.05) is 71.5 Å². The Morgan fingerprint density at radius 1 is 1.11 bits per heavy atom. The molecular weight excluding hydrogens is 476 g/mol. The van der Waals surface area contributed by atoms with Gasteiger partial charge >= 0.3 is 11.9 Å². The fourth-order valence-electron chi connectivity index (χ4n) is 4.10. The van der Waals surface area contributed by atoms with Crippen LogP contribution in [0.2, 0.25) is 0 Å². The van der Waals surface area contributed by atoms with Crippen molar-refractivity contribution in [2.75, 3.05) is 11.5 Å². The normalized spacial score (nSPS) is 16.9. The van der Waals surface area contributed by atoms with Gasteiger partial charge in [-0.2, -0.15) is 0 Å². The van der Waals surface area contributed by atoms with Crippen LogP contribution in [0.4, 0.5) is 5.13 Å². The molecule has 4 rings (SSSR count). The van der Waals surface area contributed by atoms with E-state index in [1.165, 1.54) is 11.0 Å². The first-order valence-electron chi connectivity index (χ1n) is 11.3. The van der Waals surface area contributed by atoms with Gasteiger partial charge in [0.15, 0.2) is 5.13 Å². The van der Waals surface area contributed by atoms with Crippen molar-refractivity contribution in [2.45, 2.75) is 33.7 Å². The lowest BCUT2D eigenvalue weighted by Gasteiger charge is -2.23. The lowest BCUT2D eigenvalue weighted by atomic mass is 9.93. The number of aromatic nitrogens is 1. The van der Waals surface area contributed by atoms with E-state index in [-0.39, 0.29) is 27.9 Å². The van der Waals surface area contributed by atoms with Crippen LogP contribution in [0.25, 0.3) is 5.76 Å². The minimum absolute atomic E-state index is 0.0267. The van der Waals surface area contributed by atoms with Gasteiger partial charge in [-0.05, 0) is 44.9 Å². The number of nitrogens with zero attached hydrogens (tertiary/aromatic N) is 2. The molecule has 3 aromatic rings. The molecule has 0 saturated carbocycles. The summed E-state index contributed by atoms with van der Waals surface area (Å²) in [6.07, 6.45) is 1.46. The van der Waals surface area contributed by atoms with E-state index in [4.69, 9.17) is 4.74 Å². The zero-order valence-electron chi connectivity index (χ0n) is 20.5. The van der Waals surface area contributed by atoms with Gasteiger partial charge in [0.05, 0.1) is 17.3 Å². The van der Waals surface area contributed by atoms with Gasteiger partial charge in [0.1, 0.15) is 17.2 Å². The van der Waals surface area contributed by atoms with Gasteiger partial charge in [0.2, 0.25) is 0 Å². The molecule has 1 fully saturated rings. The Balaban J connectivity index is 1.91. The number of anilines is 1. The van der Waals surface area contributed by atoms with E-state index < -0.39 is 23.7 Å². The molecule has 1 atom stereocenters. The summed E-state index contributed by atoms with van der Waals surface area (Å²) in [5.41, 5.74) is 4.14. The SMILES string of the molecule is C=CCOC(=O)c1sc(N2C(=O)C(=O)C(=C(O)c3cc(C)ccc3C)C2c2ccc(C)cc2)nc1C. The van der Waals surface area contributed by atoms with Crippen LogP contribution in [0.1, 0.15) is 49.2 Å². The Kier molecular flexibility index (Phi) is 6.90. The van der Waals surface area contributed by atoms with Crippen LogP contribution in [0.3, 0.4) is 0 Å². The monoisotopic (exact) mass is 502 g/mol. The molecule has 2 heterocycles. The molecule has 36 heavy (non-hydrogen) atoms. The highest BCUT2D eigenvalue weighted by Gasteiger charge is 2.48. The van der Waals surface area contributed by atoms with E-state index in [1.54, 1.807) is 13.0 Å². The summed E-state index contributed by atoms with van der Waals surface area (Å²) in [6.45, 7) is 10.9. The Morgan fingerprint density at radius 3 is 2.44 bits per heavy atom. The van der Waals surface area contributed by atoms with Crippen molar-refractivity contribution >= 4 is 39.9 Å². The third kappa shape index (κ3) is 4.47. The summed E-state index contributed by atoms with van der Waals surface area (Å²) in [7, 11) is 0. The number of amides is 1. The average molecular weight is 503 g/mol.